The van der Waals surface area contributed by atoms with Crippen LogP contribution in [0, 0.1) is 0 Å². The second-order valence-corrected chi connectivity index (χ2v) is 11.2. The highest BCUT2D eigenvalue weighted by molar-refractivity contribution is 7.99. The molecular weight excluding hydrogens is 533 g/mol. The molecule has 1 aliphatic carbocycles. The van der Waals surface area contributed by atoms with Crippen LogP contribution >= 0.6 is 35.0 Å². The number of carbonyl (C=O) groups excluding carboxylic acids is 2. The number of methoxy groups -OCH3 is 1. The molecule has 4 rings (SSSR count). The monoisotopic (exact) mass is 561 g/mol. The molecule has 0 fully saturated rings. The second kappa shape index (κ2) is 11.8. The second-order valence-electron chi connectivity index (χ2n) is 8.96. The van der Waals surface area contributed by atoms with Gasteiger partial charge in [0.15, 0.2) is 17.3 Å². The van der Waals surface area contributed by atoms with Crippen molar-refractivity contribution in [2.75, 3.05) is 25.2 Å². The lowest BCUT2D eigenvalue weighted by Crippen LogP contribution is -2.36. The molecule has 0 saturated heterocycles. The van der Waals surface area contributed by atoms with E-state index in [4.69, 9.17) is 32.7 Å². The largest absolute Gasteiger partial charge is 0.503 e. The summed E-state index contributed by atoms with van der Waals surface area (Å²) in [6, 6.07) is 10.7. The van der Waals surface area contributed by atoms with Gasteiger partial charge in [0.2, 0.25) is 0 Å². The Bertz CT molecular complexity index is 1270. The van der Waals surface area contributed by atoms with E-state index in [1.54, 1.807) is 23.9 Å². The number of rotatable bonds is 8. The number of allylic oxidation sites excluding steroid dienone is 3. The van der Waals surface area contributed by atoms with Crippen molar-refractivity contribution in [2.45, 2.75) is 38.5 Å². The average molecular weight is 563 g/mol. The van der Waals surface area contributed by atoms with Crippen LogP contribution in [0.2, 0.25) is 10.0 Å². The highest BCUT2D eigenvalue weighted by Gasteiger charge is 2.42. The molecule has 0 spiro atoms. The van der Waals surface area contributed by atoms with Crippen molar-refractivity contribution >= 4 is 46.7 Å². The number of carbonyl (C=O) groups is 2. The third-order valence-corrected chi connectivity index (χ3v) is 8.06. The first-order valence-electron chi connectivity index (χ1n) is 12.1. The molecule has 37 heavy (non-hydrogen) atoms. The summed E-state index contributed by atoms with van der Waals surface area (Å²) in [5, 5.41) is 14.4. The number of phenolic OH excluding ortho intramolecular Hbond substituents is 1. The number of phenols is 1. The first-order chi connectivity index (χ1) is 17.7. The number of ether oxygens (including phenoxy) is 2. The van der Waals surface area contributed by atoms with Crippen molar-refractivity contribution in [1.29, 1.82) is 0 Å². The van der Waals surface area contributed by atoms with Gasteiger partial charge in [0, 0.05) is 40.1 Å². The predicted molar refractivity (Wildman–Crippen MR) is 148 cm³/mol. The summed E-state index contributed by atoms with van der Waals surface area (Å²) in [5.74, 6) is 0.270. The summed E-state index contributed by atoms with van der Waals surface area (Å²) in [6.07, 6.45) is 0.880. The maximum Gasteiger partial charge on any atom is 0.336 e. The zero-order chi connectivity index (χ0) is 26.7. The van der Waals surface area contributed by atoms with E-state index in [2.05, 4.69) is 5.32 Å². The smallest absolute Gasteiger partial charge is 0.336 e. The van der Waals surface area contributed by atoms with Crippen LogP contribution in [0.3, 0.4) is 0 Å². The summed E-state index contributed by atoms with van der Waals surface area (Å²) < 4.78 is 10.9. The van der Waals surface area contributed by atoms with Crippen LogP contribution in [0.5, 0.6) is 11.5 Å². The molecule has 9 heteroatoms. The number of Topliss-reactive ketones (excluding diaryl/α,β-unsaturated/α-hetero) is 1. The molecule has 2 aromatic rings. The number of aromatic hydroxyl groups is 1. The van der Waals surface area contributed by atoms with E-state index < -0.39 is 11.9 Å². The van der Waals surface area contributed by atoms with Crippen LogP contribution in [0.25, 0.3) is 0 Å². The molecule has 0 amide bonds. The SMILES string of the molecule is CCSCCOC(=O)C1=C(C)NC2=C(C(=O)C[C@H](c3ccc(Cl)cc3)C2)[C@@H]1c1cc(Cl)c(O)c(OC)c1. The van der Waals surface area contributed by atoms with Crippen molar-refractivity contribution in [3.05, 3.63) is 80.1 Å². The molecule has 0 unspecified atom stereocenters. The Morgan fingerprint density at radius 3 is 2.57 bits per heavy atom. The first-order valence-corrected chi connectivity index (χ1v) is 14.0. The van der Waals surface area contributed by atoms with Crippen molar-refractivity contribution in [3.63, 3.8) is 0 Å². The van der Waals surface area contributed by atoms with Gasteiger partial charge in [-0.15, -0.1) is 0 Å². The average Bonchev–Trinajstić information content (AvgIpc) is 2.87. The lowest BCUT2D eigenvalue weighted by atomic mass is 9.71. The van der Waals surface area contributed by atoms with Crippen LogP contribution in [-0.4, -0.2) is 42.1 Å². The molecule has 6 nitrogen and oxygen atoms in total. The van der Waals surface area contributed by atoms with Gasteiger partial charge >= 0.3 is 5.97 Å². The van der Waals surface area contributed by atoms with E-state index in [1.165, 1.54) is 7.11 Å². The standard InChI is InChI=1S/C28H29Cl2NO5S/c1-4-37-10-9-36-28(34)24-15(2)31-21-12-17(16-5-7-19(29)8-6-16)13-22(32)26(21)25(24)18-11-20(30)27(33)23(14-18)35-3/h5-8,11,14,17,25,31,33H,4,9-10,12-13H2,1-3H3/t17-,25-/m1/s1. The van der Waals surface area contributed by atoms with Gasteiger partial charge in [0.05, 0.1) is 17.7 Å². The quantitative estimate of drug-likeness (QED) is 0.286. The molecule has 0 radical (unpaired) electrons. The third-order valence-electron chi connectivity index (χ3n) is 6.66. The number of nitrogens with one attached hydrogen (secondary N) is 1. The minimum Gasteiger partial charge on any atom is -0.503 e. The third kappa shape index (κ3) is 5.79. The first kappa shape index (κ1) is 27.4. The number of ketones is 1. The number of thioether (sulfide) groups is 1. The molecule has 1 aliphatic heterocycles. The number of benzene rings is 2. The van der Waals surface area contributed by atoms with Gasteiger partial charge < -0.3 is 19.9 Å². The summed E-state index contributed by atoms with van der Waals surface area (Å²) in [6.45, 7) is 4.12. The number of esters is 1. The van der Waals surface area contributed by atoms with Gasteiger partial charge in [-0.1, -0.05) is 42.3 Å². The van der Waals surface area contributed by atoms with Crippen LogP contribution in [0.1, 0.15) is 49.7 Å². The Kier molecular flexibility index (Phi) is 8.78. The number of halogens is 2. The molecule has 196 valence electrons. The van der Waals surface area contributed by atoms with Gasteiger partial charge in [-0.3, -0.25) is 4.79 Å². The van der Waals surface area contributed by atoms with E-state index in [-0.39, 0.29) is 41.3 Å². The molecule has 0 aromatic heterocycles. The van der Waals surface area contributed by atoms with Crippen LogP contribution in [-0.2, 0) is 14.3 Å². The molecule has 2 N–H and O–H groups in total. The van der Waals surface area contributed by atoms with Crippen molar-refractivity contribution in [1.82, 2.24) is 5.32 Å². The Morgan fingerprint density at radius 1 is 1.16 bits per heavy atom. The summed E-state index contributed by atoms with van der Waals surface area (Å²) in [5.41, 5.74) is 3.83. The fourth-order valence-corrected chi connectivity index (χ4v) is 5.78. The normalized spacial score (nSPS) is 19.4. The molecule has 2 aliphatic rings. The lowest BCUT2D eigenvalue weighted by molar-refractivity contribution is -0.138. The highest BCUT2D eigenvalue weighted by atomic mass is 35.5. The van der Waals surface area contributed by atoms with Crippen LogP contribution < -0.4 is 10.1 Å². The number of hydrogen-bond acceptors (Lipinski definition) is 7. The van der Waals surface area contributed by atoms with E-state index in [0.717, 1.165) is 17.0 Å². The van der Waals surface area contributed by atoms with Gasteiger partial charge in [-0.25, -0.2) is 4.79 Å². The van der Waals surface area contributed by atoms with E-state index in [1.807, 2.05) is 38.1 Å². The van der Waals surface area contributed by atoms with Crippen molar-refractivity contribution in [3.8, 4) is 11.5 Å². The summed E-state index contributed by atoms with van der Waals surface area (Å²) >= 11 is 14.1. The molecule has 0 bridgehead atoms. The fourth-order valence-electron chi connectivity index (χ4n) is 4.95. The van der Waals surface area contributed by atoms with Crippen LogP contribution in [0.15, 0.2) is 58.9 Å². The zero-order valence-corrected chi connectivity index (χ0v) is 23.2. The maximum atomic E-state index is 13.7. The lowest BCUT2D eigenvalue weighted by Gasteiger charge is -2.37. The minimum absolute atomic E-state index is 0.0259. The van der Waals surface area contributed by atoms with E-state index in [9.17, 15) is 14.7 Å². The summed E-state index contributed by atoms with van der Waals surface area (Å²) in [4.78, 5) is 27.1. The van der Waals surface area contributed by atoms with Crippen molar-refractivity contribution in [2.24, 2.45) is 0 Å². The van der Waals surface area contributed by atoms with Gasteiger partial charge in [0.25, 0.3) is 0 Å². The summed E-state index contributed by atoms with van der Waals surface area (Å²) in [7, 11) is 1.42. The molecule has 1 heterocycles. The van der Waals surface area contributed by atoms with Crippen molar-refractivity contribution < 1.29 is 24.2 Å². The zero-order valence-electron chi connectivity index (χ0n) is 20.9. The van der Waals surface area contributed by atoms with Gasteiger partial charge in [-0.05, 0) is 60.4 Å². The molecule has 2 aromatic carbocycles. The molecular formula is C28H29Cl2NO5S. The predicted octanol–water partition coefficient (Wildman–Crippen LogP) is 6.37. The Labute approximate surface area is 231 Å². The Morgan fingerprint density at radius 2 is 1.89 bits per heavy atom. The topological polar surface area (TPSA) is 84.9 Å². The minimum atomic E-state index is -0.715. The number of hydrogen-bond donors (Lipinski definition) is 2. The van der Waals surface area contributed by atoms with E-state index in [0.29, 0.717) is 39.6 Å². The molecule has 2 atom stereocenters. The van der Waals surface area contributed by atoms with E-state index >= 15 is 0 Å². The van der Waals surface area contributed by atoms with Crippen LogP contribution in [0.4, 0.5) is 0 Å². The number of dihydropyridines is 1. The van der Waals surface area contributed by atoms with Gasteiger partial charge in [-0.2, -0.15) is 11.8 Å². The molecule has 0 saturated carbocycles. The maximum absolute atomic E-state index is 13.7. The van der Waals surface area contributed by atoms with Gasteiger partial charge in [0.1, 0.15) is 6.61 Å². The highest BCUT2D eigenvalue weighted by Crippen LogP contribution is 2.48. The fraction of sp³-hybridized carbons (Fsp3) is 0.357. The Hall–Kier alpha value is -2.61. The Balaban J connectivity index is 1.78.